The third-order valence-corrected chi connectivity index (χ3v) is 6.04. The van der Waals surface area contributed by atoms with Crippen LogP contribution < -0.4 is 5.32 Å². The second-order valence-corrected chi connectivity index (χ2v) is 8.35. The number of carbonyl (C=O) groups is 2. The van der Waals surface area contributed by atoms with Gasteiger partial charge in [-0.3, -0.25) is 14.5 Å². The van der Waals surface area contributed by atoms with E-state index in [4.69, 9.17) is 0 Å². The van der Waals surface area contributed by atoms with E-state index in [1.807, 2.05) is 36.9 Å². The maximum atomic E-state index is 13.7. The summed E-state index contributed by atoms with van der Waals surface area (Å²) in [6.07, 6.45) is -3.82. The smallest absolute Gasteiger partial charge is 0.374 e. The second kappa shape index (κ2) is 9.52. The number of halogens is 3. The van der Waals surface area contributed by atoms with Gasteiger partial charge in [-0.2, -0.15) is 13.2 Å². The monoisotopic (exact) mass is 467 g/mol. The predicted octanol–water partition coefficient (Wildman–Crippen LogP) is 1.96. The summed E-state index contributed by atoms with van der Waals surface area (Å²) in [6, 6.07) is 5.63. The molecule has 0 spiro atoms. The molecule has 2 amide bonds. The number of carbonyl (C=O) groups excluding carboxylic acids is 2. The van der Waals surface area contributed by atoms with Crippen molar-refractivity contribution in [1.29, 1.82) is 0 Å². The molecule has 1 fully saturated rings. The molecule has 8 nitrogen and oxygen atoms in total. The minimum Gasteiger partial charge on any atom is -0.374 e. The molecule has 33 heavy (non-hydrogen) atoms. The van der Waals surface area contributed by atoms with Crippen LogP contribution in [0, 0.1) is 13.8 Å². The van der Waals surface area contributed by atoms with Gasteiger partial charge in [-0.1, -0.05) is 12.1 Å². The zero-order valence-electron chi connectivity index (χ0n) is 18.8. The Balaban J connectivity index is 1.56. The van der Waals surface area contributed by atoms with Crippen LogP contribution in [-0.2, 0) is 22.2 Å². The van der Waals surface area contributed by atoms with Crippen LogP contribution in [0.1, 0.15) is 23.4 Å². The highest BCUT2D eigenvalue weighted by Crippen LogP contribution is 2.41. The number of aryl methyl sites for hydroxylation is 2. The number of piperazine rings is 1. The number of nitrogens with one attached hydrogen (secondary N) is 1. The summed E-state index contributed by atoms with van der Waals surface area (Å²) in [5.74, 6) is -1.66. The van der Waals surface area contributed by atoms with Crippen LogP contribution in [0.5, 0.6) is 0 Å². The van der Waals surface area contributed by atoms with Crippen molar-refractivity contribution < 1.29 is 27.9 Å². The van der Waals surface area contributed by atoms with Crippen molar-refractivity contribution in [3.63, 3.8) is 0 Å². The van der Waals surface area contributed by atoms with Crippen LogP contribution >= 0.6 is 0 Å². The fourth-order valence-electron chi connectivity index (χ4n) is 3.84. The standard InChI is InChI=1S/C22H28F3N5O3/c1-15-5-4-6-17(16(15)2)27-18(31)14-29-9-11-30(12-10-29)19(32)13-21(33,22(23,24)25)20-26-7-8-28(20)3/h4-8,33H,9-14H2,1-3H3,(H,27,31). The van der Waals surface area contributed by atoms with Crippen LogP contribution in [0.4, 0.5) is 18.9 Å². The lowest BCUT2D eigenvalue weighted by molar-refractivity contribution is -0.272. The average Bonchev–Trinajstić information content (AvgIpc) is 3.17. The van der Waals surface area contributed by atoms with Gasteiger partial charge in [0, 0.05) is 51.3 Å². The molecule has 0 saturated carbocycles. The maximum absolute atomic E-state index is 13.7. The average molecular weight is 467 g/mol. The zero-order valence-corrected chi connectivity index (χ0v) is 18.8. The number of aliphatic hydroxyl groups is 1. The molecule has 180 valence electrons. The van der Waals surface area contributed by atoms with E-state index in [0.29, 0.717) is 13.1 Å². The van der Waals surface area contributed by atoms with Gasteiger partial charge in [-0.05, 0) is 31.0 Å². The normalized spacial score (nSPS) is 17.0. The van der Waals surface area contributed by atoms with Crippen LogP contribution in [0.25, 0.3) is 0 Å². The molecule has 1 unspecified atom stereocenters. The molecule has 0 radical (unpaired) electrons. The second-order valence-electron chi connectivity index (χ2n) is 8.35. The van der Waals surface area contributed by atoms with Gasteiger partial charge in [0.15, 0.2) is 5.82 Å². The Hall–Kier alpha value is -2.92. The molecule has 2 heterocycles. The van der Waals surface area contributed by atoms with Crippen LogP contribution in [-0.4, -0.2) is 75.2 Å². The largest absolute Gasteiger partial charge is 0.425 e. The van der Waals surface area contributed by atoms with Crippen molar-refractivity contribution >= 4 is 17.5 Å². The molecular formula is C22H28F3N5O3. The lowest BCUT2D eigenvalue weighted by atomic mass is 9.96. The Labute approximate surface area is 190 Å². The minimum atomic E-state index is -5.07. The molecule has 3 rings (SSSR count). The molecule has 0 bridgehead atoms. The number of anilines is 1. The first-order valence-corrected chi connectivity index (χ1v) is 10.6. The van der Waals surface area contributed by atoms with Gasteiger partial charge in [0.25, 0.3) is 0 Å². The van der Waals surface area contributed by atoms with Gasteiger partial charge < -0.3 is 19.9 Å². The van der Waals surface area contributed by atoms with Crippen molar-refractivity contribution in [2.24, 2.45) is 7.05 Å². The van der Waals surface area contributed by atoms with Crippen molar-refractivity contribution in [2.45, 2.75) is 32.0 Å². The lowest BCUT2D eigenvalue weighted by Crippen LogP contribution is -2.53. The molecule has 1 atom stereocenters. The molecule has 2 N–H and O–H groups in total. The Kier molecular flexibility index (Phi) is 7.13. The van der Waals surface area contributed by atoms with Crippen molar-refractivity contribution in [3.05, 3.63) is 47.5 Å². The van der Waals surface area contributed by atoms with Gasteiger partial charge in [-0.25, -0.2) is 4.98 Å². The zero-order chi connectivity index (χ0) is 24.4. The maximum Gasteiger partial charge on any atom is 0.425 e. The molecule has 1 aromatic carbocycles. The molecule has 1 saturated heterocycles. The quantitative estimate of drug-likeness (QED) is 0.678. The molecular weight excluding hydrogens is 439 g/mol. The third kappa shape index (κ3) is 5.36. The fraction of sp³-hybridized carbons (Fsp3) is 0.500. The van der Waals surface area contributed by atoms with E-state index in [9.17, 15) is 27.9 Å². The van der Waals surface area contributed by atoms with Crippen LogP contribution in [0.3, 0.4) is 0 Å². The third-order valence-electron chi connectivity index (χ3n) is 6.04. The number of nitrogens with zero attached hydrogens (tertiary/aromatic N) is 4. The van der Waals surface area contributed by atoms with Gasteiger partial charge in [0.2, 0.25) is 17.4 Å². The summed E-state index contributed by atoms with van der Waals surface area (Å²) in [7, 11) is 1.32. The number of hydrogen-bond donors (Lipinski definition) is 2. The summed E-state index contributed by atoms with van der Waals surface area (Å²) in [5.41, 5.74) is -0.615. The Morgan fingerprint density at radius 1 is 1.15 bits per heavy atom. The summed E-state index contributed by atoms with van der Waals surface area (Å²) in [5, 5.41) is 13.3. The van der Waals surface area contributed by atoms with Crippen LogP contribution in [0.2, 0.25) is 0 Å². The number of imidazole rings is 1. The first kappa shape index (κ1) is 24.7. The lowest BCUT2D eigenvalue weighted by Gasteiger charge is -2.36. The van der Waals surface area contributed by atoms with E-state index in [0.717, 1.165) is 27.6 Å². The molecule has 11 heteroatoms. The van der Waals surface area contributed by atoms with E-state index in [1.165, 1.54) is 18.1 Å². The highest BCUT2D eigenvalue weighted by Gasteiger charge is 2.59. The molecule has 1 aromatic heterocycles. The molecule has 1 aliphatic heterocycles. The number of rotatable bonds is 6. The summed E-state index contributed by atoms with van der Waals surface area (Å²) < 4.78 is 42.1. The van der Waals surface area contributed by atoms with Crippen LogP contribution in [0.15, 0.2) is 30.6 Å². The van der Waals surface area contributed by atoms with E-state index >= 15 is 0 Å². The van der Waals surface area contributed by atoms with E-state index in [-0.39, 0.29) is 25.5 Å². The molecule has 2 aromatic rings. The van der Waals surface area contributed by atoms with E-state index in [1.54, 1.807) is 0 Å². The molecule has 1 aliphatic rings. The Morgan fingerprint density at radius 2 is 1.82 bits per heavy atom. The number of alkyl halides is 3. The number of amides is 2. The van der Waals surface area contributed by atoms with Gasteiger partial charge in [0.05, 0.1) is 13.0 Å². The first-order valence-electron chi connectivity index (χ1n) is 10.6. The number of aromatic nitrogens is 2. The highest BCUT2D eigenvalue weighted by atomic mass is 19.4. The van der Waals surface area contributed by atoms with Gasteiger partial charge >= 0.3 is 6.18 Å². The van der Waals surface area contributed by atoms with E-state index in [2.05, 4.69) is 10.3 Å². The highest BCUT2D eigenvalue weighted by molar-refractivity contribution is 5.93. The number of hydrogen-bond acceptors (Lipinski definition) is 5. The van der Waals surface area contributed by atoms with Crippen molar-refractivity contribution in [3.8, 4) is 0 Å². The summed E-state index contributed by atoms with van der Waals surface area (Å²) in [6.45, 7) is 4.96. The fourth-order valence-corrected chi connectivity index (χ4v) is 3.84. The van der Waals surface area contributed by atoms with Crippen molar-refractivity contribution in [2.75, 3.05) is 38.0 Å². The SMILES string of the molecule is Cc1cccc(NC(=O)CN2CCN(C(=O)CC(O)(c3nccn3C)C(F)(F)F)CC2)c1C. The van der Waals surface area contributed by atoms with Crippen molar-refractivity contribution in [1.82, 2.24) is 19.4 Å². The topological polar surface area (TPSA) is 90.7 Å². The predicted molar refractivity (Wildman–Crippen MR) is 115 cm³/mol. The number of benzene rings is 1. The van der Waals surface area contributed by atoms with Gasteiger partial charge in [-0.15, -0.1) is 0 Å². The summed E-state index contributed by atoms with van der Waals surface area (Å²) >= 11 is 0. The molecule has 0 aliphatic carbocycles. The van der Waals surface area contributed by atoms with E-state index < -0.39 is 29.9 Å². The minimum absolute atomic E-state index is 0.106. The Morgan fingerprint density at radius 3 is 2.39 bits per heavy atom. The summed E-state index contributed by atoms with van der Waals surface area (Å²) in [4.78, 5) is 31.8. The Bertz CT molecular complexity index is 1010. The van der Waals surface area contributed by atoms with Gasteiger partial charge in [0.1, 0.15) is 0 Å². The first-order chi connectivity index (χ1) is 15.4.